The second-order valence-electron chi connectivity index (χ2n) is 5.23. The van der Waals surface area contributed by atoms with E-state index in [1.54, 1.807) is 0 Å². The molecule has 0 saturated carbocycles. The van der Waals surface area contributed by atoms with Crippen LogP contribution < -0.4 is 0 Å². The first kappa shape index (κ1) is 13.5. The first-order valence-corrected chi connectivity index (χ1v) is 5.44. The third kappa shape index (κ3) is 4.64. The summed E-state index contributed by atoms with van der Waals surface area (Å²) in [4.78, 5) is 11.4. The fourth-order valence-corrected chi connectivity index (χ4v) is 1.94. The van der Waals surface area contributed by atoms with Gasteiger partial charge in [-0.3, -0.25) is 4.79 Å². The number of esters is 1. The lowest BCUT2D eigenvalue weighted by Crippen LogP contribution is -2.28. The molecule has 0 heterocycles. The minimum absolute atomic E-state index is 0.0684. The van der Waals surface area contributed by atoms with Crippen LogP contribution in [0.25, 0.3) is 0 Å². The van der Waals surface area contributed by atoms with Gasteiger partial charge in [-0.1, -0.05) is 34.6 Å². The van der Waals surface area contributed by atoms with Crippen molar-refractivity contribution in [2.75, 3.05) is 6.61 Å². The van der Waals surface area contributed by atoms with E-state index in [1.807, 2.05) is 6.92 Å². The van der Waals surface area contributed by atoms with Crippen LogP contribution in [0.3, 0.4) is 0 Å². The molecule has 0 aromatic carbocycles. The minimum atomic E-state index is -0.0684. The summed E-state index contributed by atoms with van der Waals surface area (Å²) in [5, 5.41) is 0. The molecular weight excluding hydrogens is 176 g/mol. The highest BCUT2D eigenvalue weighted by Gasteiger charge is 2.29. The van der Waals surface area contributed by atoms with Gasteiger partial charge in [0.25, 0.3) is 0 Å². The highest BCUT2D eigenvalue weighted by atomic mass is 16.5. The van der Waals surface area contributed by atoms with E-state index < -0.39 is 0 Å². The van der Waals surface area contributed by atoms with Gasteiger partial charge >= 0.3 is 5.97 Å². The van der Waals surface area contributed by atoms with E-state index >= 15 is 0 Å². The van der Waals surface area contributed by atoms with E-state index in [1.165, 1.54) is 0 Å². The molecule has 0 aliphatic rings. The second kappa shape index (κ2) is 5.38. The first-order chi connectivity index (χ1) is 6.29. The topological polar surface area (TPSA) is 26.3 Å². The maximum Gasteiger partial charge on any atom is 0.306 e. The molecule has 2 nitrogen and oxygen atoms in total. The SMILES string of the molecule is CCOC(=O)CC(C(C)C)C(C)(C)C. The molecule has 14 heavy (non-hydrogen) atoms. The Morgan fingerprint density at radius 1 is 1.29 bits per heavy atom. The molecule has 0 aliphatic carbocycles. The molecular formula is C12H24O2. The van der Waals surface area contributed by atoms with Crippen molar-refractivity contribution < 1.29 is 9.53 Å². The Balaban J connectivity index is 4.32. The van der Waals surface area contributed by atoms with Crippen molar-refractivity contribution in [1.29, 1.82) is 0 Å². The third-order valence-electron chi connectivity index (χ3n) is 2.61. The third-order valence-corrected chi connectivity index (χ3v) is 2.61. The number of ether oxygens (including phenoxy) is 1. The van der Waals surface area contributed by atoms with Crippen molar-refractivity contribution in [1.82, 2.24) is 0 Å². The molecule has 0 rings (SSSR count). The van der Waals surface area contributed by atoms with Crippen molar-refractivity contribution in [3.8, 4) is 0 Å². The summed E-state index contributed by atoms with van der Waals surface area (Å²) in [7, 11) is 0. The molecule has 0 aromatic rings. The van der Waals surface area contributed by atoms with Crippen LogP contribution in [0.5, 0.6) is 0 Å². The Labute approximate surface area is 88.0 Å². The van der Waals surface area contributed by atoms with Crippen LogP contribution in [0.4, 0.5) is 0 Å². The van der Waals surface area contributed by atoms with E-state index in [0.29, 0.717) is 24.9 Å². The zero-order valence-corrected chi connectivity index (χ0v) is 10.4. The lowest BCUT2D eigenvalue weighted by molar-refractivity contribution is -0.145. The van der Waals surface area contributed by atoms with Gasteiger partial charge in [0.15, 0.2) is 0 Å². The van der Waals surface area contributed by atoms with Crippen molar-refractivity contribution in [2.45, 2.75) is 48.0 Å². The standard InChI is InChI=1S/C12H24O2/c1-7-14-11(13)8-10(9(2)3)12(4,5)6/h9-10H,7-8H2,1-6H3. The molecule has 0 fully saturated rings. The smallest absolute Gasteiger partial charge is 0.306 e. The van der Waals surface area contributed by atoms with E-state index in [4.69, 9.17) is 4.74 Å². The van der Waals surface area contributed by atoms with Gasteiger partial charge in [-0.05, 0) is 24.2 Å². The summed E-state index contributed by atoms with van der Waals surface area (Å²) in [5.74, 6) is 0.835. The predicted molar refractivity (Wildman–Crippen MR) is 59.0 cm³/mol. The molecule has 0 N–H and O–H groups in total. The van der Waals surface area contributed by atoms with Gasteiger partial charge in [0.2, 0.25) is 0 Å². The Kier molecular flexibility index (Phi) is 5.17. The second-order valence-corrected chi connectivity index (χ2v) is 5.23. The van der Waals surface area contributed by atoms with Gasteiger partial charge in [-0.2, -0.15) is 0 Å². The van der Waals surface area contributed by atoms with E-state index in [0.717, 1.165) is 0 Å². The lowest BCUT2D eigenvalue weighted by atomic mass is 9.72. The van der Waals surface area contributed by atoms with Crippen molar-refractivity contribution in [3.63, 3.8) is 0 Å². The Morgan fingerprint density at radius 3 is 2.07 bits per heavy atom. The Hall–Kier alpha value is -0.530. The molecule has 2 heteroatoms. The van der Waals surface area contributed by atoms with E-state index in [2.05, 4.69) is 34.6 Å². The van der Waals surface area contributed by atoms with Crippen molar-refractivity contribution >= 4 is 5.97 Å². The summed E-state index contributed by atoms with van der Waals surface area (Å²) >= 11 is 0. The maximum atomic E-state index is 11.4. The van der Waals surface area contributed by atoms with Crippen LogP contribution >= 0.6 is 0 Å². The number of carbonyl (C=O) groups is 1. The molecule has 84 valence electrons. The fraction of sp³-hybridized carbons (Fsp3) is 0.917. The number of carbonyl (C=O) groups excluding carboxylic acids is 1. The highest BCUT2D eigenvalue weighted by Crippen LogP contribution is 2.34. The van der Waals surface area contributed by atoms with Crippen molar-refractivity contribution in [3.05, 3.63) is 0 Å². The molecule has 0 saturated heterocycles. The van der Waals surface area contributed by atoms with Crippen molar-refractivity contribution in [2.24, 2.45) is 17.3 Å². The minimum Gasteiger partial charge on any atom is -0.466 e. The van der Waals surface area contributed by atoms with Gasteiger partial charge in [-0.15, -0.1) is 0 Å². The first-order valence-electron chi connectivity index (χ1n) is 5.44. The summed E-state index contributed by atoms with van der Waals surface area (Å²) in [6.07, 6.45) is 0.537. The lowest BCUT2D eigenvalue weighted by Gasteiger charge is -2.33. The van der Waals surface area contributed by atoms with Gasteiger partial charge in [0.1, 0.15) is 0 Å². The van der Waals surface area contributed by atoms with Crippen LogP contribution in [0.15, 0.2) is 0 Å². The van der Waals surface area contributed by atoms with Gasteiger partial charge < -0.3 is 4.74 Å². The average molecular weight is 200 g/mol. The zero-order chi connectivity index (χ0) is 11.4. The predicted octanol–water partition coefficient (Wildman–Crippen LogP) is 3.26. The summed E-state index contributed by atoms with van der Waals surface area (Å²) < 4.78 is 4.98. The molecule has 0 spiro atoms. The Morgan fingerprint density at radius 2 is 1.79 bits per heavy atom. The van der Waals surface area contributed by atoms with E-state index in [-0.39, 0.29) is 11.4 Å². The maximum absolute atomic E-state index is 11.4. The zero-order valence-electron chi connectivity index (χ0n) is 10.4. The van der Waals surface area contributed by atoms with Gasteiger partial charge in [-0.25, -0.2) is 0 Å². The number of hydrogen-bond donors (Lipinski definition) is 0. The molecule has 0 aliphatic heterocycles. The summed E-state index contributed by atoms with van der Waals surface area (Å²) in [6, 6.07) is 0. The largest absolute Gasteiger partial charge is 0.466 e. The fourth-order valence-electron chi connectivity index (χ4n) is 1.94. The molecule has 1 atom stereocenters. The normalized spacial score (nSPS) is 14.2. The summed E-state index contributed by atoms with van der Waals surface area (Å²) in [5.41, 5.74) is 0.168. The van der Waals surface area contributed by atoms with Crippen LogP contribution in [0.2, 0.25) is 0 Å². The number of rotatable bonds is 4. The van der Waals surface area contributed by atoms with Gasteiger partial charge in [0.05, 0.1) is 6.61 Å². The quantitative estimate of drug-likeness (QED) is 0.651. The Bertz CT molecular complexity index is 177. The van der Waals surface area contributed by atoms with Crippen LogP contribution in [-0.4, -0.2) is 12.6 Å². The highest BCUT2D eigenvalue weighted by molar-refractivity contribution is 5.69. The molecule has 0 amide bonds. The van der Waals surface area contributed by atoms with Crippen LogP contribution in [-0.2, 0) is 9.53 Å². The molecule has 0 aromatic heterocycles. The van der Waals surface area contributed by atoms with Crippen LogP contribution in [0, 0.1) is 17.3 Å². The van der Waals surface area contributed by atoms with Gasteiger partial charge in [0, 0.05) is 6.42 Å². The average Bonchev–Trinajstić information content (AvgIpc) is 1.98. The van der Waals surface area contributed by atoms with E-state index in [9.17, 15) is 4.79 Å². The molecule has 0 radical (unpaired) electrons. The van der Waals surface area contributed by atoms with Crippen LogP contribution in [0.1, 0.15) is 48.0 Å². The number of hydrogen-bond acceptors (Lipinski definition) is 2. The molecule has 0 bridgehead atoms. The monoisotopic (exact) mass is 200 g/mol. The summed E-state index contributed by atoms with van der Waals surface area (Å²) in [6.45, 7) is 13.2. The molecule has 1 unspecified atom stereocenters.